The summed E-state index contributed by atoms with van der Waals surface area (Å²) in [5.74, 6) is 0.219. The summed E-state index contributed by atoms with van der Waals surface area (Å²) in [4.78, 5) is 23.0. The van der Waals surface area contributed by atoms with Gasteiger partial charge in [0.05, 0.1) is 22.4 Å². The number of nitro groups is 1. The molecule has 0 bridgehead atoms. The van der Waals surface area contributed by atoms with Crippen molar-refractivity contribution in [3.8, 4) is 28.8 Å². The minimum Gasteiger partial charge on any atom is -0.488 e. The van der Waals surface area contributed by atoms with Crippen LogP contribution in [-0.2, 0) is 6.61 Å². The summed E-state index contributed by atoms with van der Waals surface area (Å²) in [5, 5.41) is 24.4. The molecule has 0 radical (unpaired) electrons. The fourth-order valence-electron chi connectivity index (χ4n) is 3.11. The van der Waals surface area contributed by atoms with Gasteiger partial charge in [-0.15, -0.1) is 0 Å². The van der Waals surface area contributed by atoms with E-state index < -0.39 is 10.7 Å². The van der Waals surface area contributed by atoms with E-state index in [0.717, 1.165) is 5.56 Å². The molecule has 8 nitrogen and oxygen atoms in total. The number of carbonyl (C=O) groups excluding carboxylic acids is 1. The highest BCUT2D eigenvalue weighted by Crippen LogP contribution is 2.40. The largest absolute Gasteiger partial charge is 0.488 e. The van der Waals surface area contributed by atoms with Gasteiger partial charge in [-0.1, -0.05) is 18.2 Å². The number of benzene rings is 2. The Kier molecular flexibility index (Phi) is 3.90. The third-order valence-corrected chi connectivity index (χ3v) is 4.29. The lowest BCUT2D eigenvalue weighted by atomic mass is 10.0. The van der Waals surface area contributed by atoms with Gasteiger partial charge in [-0.05, 0) is 18.2 Å². The lowest BCUT2D eigenvalue weighted by Gasteiger charge is -2.19. The smallest absolute Gasteiger partial charge is 0.271 e. The second-order valence-electron chi connectivity index (χ2n) is 5.91. The van der Waals surface area contributed by atoms with Crippen molar-refractivity contribution < 1.29 is 14.5 Å². The van der Waals surface area contributed by atoms with Crippen molar-refractivity contribution >= 4 is 11.5 Å². The molecule has 1 aromatic heterocycles. The molecule has 0 atom stereocenters. The Morgan fingerprint density at radius 2 is 2.11 bits per heavy atom. The van der Waals surface area contributed by atoms with Crippen molar-refractivity contribution in [2.24, 2.45) is 0 Å². The molecule has 4 rings (SSSR count). The van der Waals surface area contributed by atoms with E-state index in [4.69, 9.17) is 10.00 Å². The zero-order chi connectivity index (χ0) is 19.0. The molecule has 0 saturated carbocycles. The molecule has 2 aromatic carbocycles. The van der Waals surface area contributed by atoms with Gasteiger partial charge in [-0.25, -0.2) is 4.68 Å². The number of rotatable bonds is 4. The zero-order valence-corrected chi connectivity index (χ0v) is 14.0. The minimum absolute atomic E-state index is 0.0815. The lowest BCUT2D eigenvalue weighted by molar-refractivity contribution is -0.384. The van der Waals surface area contributed by atoms with Crippen molar-refractivity contribution in [3.05, 3.63) is 69.9 Å². The number of nitrogens with zero attached hydrogens (tertiary/aromatic N) is 4. The van der Waals surface area contributed by atoms with Crippen molar-refractivity contribution in [1.82, 2.24) is 9.78 Å². The summed E-state index contributed by atoms with van der Waals surface area (Å²) >= 11 is 0. The number of carbonyl (C=O) groups is 1. The first kappa shape index (κ1) is 16.5. The molecule has 2 heterocycles. The quantitative estimate of drug-likeness (QED) is 0.400. The summed E-state index contributed by atoms with van der Waals surface area (Å²) in [5.41, 5.74) is 2.45. The number of aromatic nitrogens is 2. The molecule has 27 heavy (non-hydrogen) atoms. The topological polar surface area (TPSA) is 111 Å². The second-order valence-corrected chi connectivity index (χ2v) is 5.91. The van der Waals surface area contributed by atoms with Crippen molar-refractivity contribution in [1.29, 1.82) is 5.26 Å². The number of nitro benzene ring substituents is 1. The van der Waals surface area contributed by atoms with E-state index in [0.29, 0.717) is 22.7 Å². The van der Waals surface area contributed by atoms with Gasteiger partial charge >= 0.3 is 0 Å². The zero-order valence-electron chi connectivity index (χ0n) is 14.0. The van der Waals surface area contributed by atoms with Crippen LogP contribution in [-0.4, -0.2) is 20.5 Å². The van der Waals surface area contributed by atoms with E-state index in [1.54, 1.807) is 18.2 Å². The van der Waals surface area contributed by atoms with Gasteiger partial charge in [0.15, 0.2) is 5.78 Å². The number of non-ortho nitro benzene ring substituents is 1. The molecule has 0 unspecified atom stereocenters. The molecule has 0 amide bonds. The number of nitriles is 1. The Labute approximate surface area is 153 Å². The molecule has 0 fully saturated rings. The van der Waals surface area contributed by atoms with Crippen molar-refractivity contribution in [3.63, 3.8) is 0 Å². The molecule has 0 N–H and O–H groups in total. The number of ether oxygens (including phenoxy) is 1. The first-order chi connectivity index (χ1) is 13.1. The molecular formula is C19H12N4O4. The lowest BCUT2D eigenvalue weighted by Crippen LogP contribution is -2.09. The van der Waals surface area contributed by atoms with Crippen LogP contribution in [0, 0.1) is 21.4 Å². The summed E-state index contributed by atoms with van der Waals surface area (Å²) in [6, 6.07) is 15.2. The number of ketones is 1. The maximum Gasteiger partial charge on any atom is 0.271 e. The second kappa shape index (κ2) is 6.38. The molecular weight excluding hydrogens is 348 g/mol. The van der Waals surface area contributed by atoms with E-state index in [2.05, 4.69) is 5.10 Å². The number of hydrogen-bond acceptors (Lipinski definition) is 6. The van der Waals surface area contributed by atoms with E-state index >= 15 is 0 Å². The predicted molar refractivity (Wildman–Crippen MR) is 94.5 cm³/mol. The van der Waals surface area contributed by atoms with Crippen LogP contribution in [0.1, 0.15) is 22.5 Å². The van der Waals surface area contributed by atoms with Gasteiger partial charge in [-0.2, -0.15) is 10.4 Å². The molecule has 3 aromatic rings. The van der Waals surface area contributed by atoms with Crippen LogP contribution in [0.2, 0.25) is 0 Å². The average Bonchev–Trinajstić information content (AvgIpc) is 3.08. The standard InChI is InChI=1S/C19H12N4O4/c20-9-8-16(24)18-15-11-27-17-7-2-1-6-14(17)19(15)22(21-18)12-4-3-5-13(10-12)23(25)26/h1-7,10H,8,11H2. The number of fused-ring (bicyclic) bond motifs is 3. The number of para-hydroxylation sites is 1. The van der Waals surface area contributed by atoms with Crippen LogP contribution < -0.4 is 4.74 Å². The maximum atomic E-state index is 12.4. The first-order valence-corrected chi connectivity index (χ1v) is 8.09. The predicted octanol–water partition coefficient (Wildman–Crippen LogP) is 3.44. The molecule has 1 aliphatic rings. The van der Waals surface area contributed by atoms with E-state index in [9.17, 15) is 14.9 Å². The van der Waals surface area contributed by atoms with Crippen LogP contribution >= 0.6 is 0 Å². The highest BCUT2D eigenvalue weighted by molar-refractivity contribution is 5.99. The van der Waals surface area contributed by atoms with E-state index in [1.165, 1.54) is 16.8 Å². The molecule has 0 saturated heterocycles. The van der Waals surface area contributed by atoms with Gasteiger partial charge < -0.3 is 4.74 Å². The Balaban J connectivity index is 1.98. The van der Waals surface area contributed by atoms with Crippen LogP contribution in [0.3, 0.4) is 0 Å². The average molecular weight is 360 g/mol. The fraction of sp³-hybridized carbons (Fsp3) is 0.105. The first-order valence-electron chi connectivity index (χ1n) is 8.09. The monoisotopic (exact) mass is 360 g/mol. The van der Waals surface area contributed by atoms with E-state index in [-0.39, 0.29) is 24.4 Å². The third-order valence-electron chi connectivity index (χ3n) is 4.29. The summed E-state index contributed by atoms with van der Waals surface area (Å²) in [6.07, 6.45) is -0.306. The van der Waals surface area contributed by atoms with Gasteiger partial charge in [0, 0.05) is 23.3 Å². The van der Waals surface area contributed by atoms with Gasteiger partial charge in [0.2, 0.25) is 0 Å². The summed E-state index contributed by atoms with van der Waals surface area (Å²) in [6.45, 7) is 0.133. The molecule has 8 heteroatoms. The maximum absolute atomic E-state index is 12.4. The Hall–Kier alpha value is -3.99. The SMILES string of the molecule is N#CCC(=O)c1nn(-c2cccc([N+](=O)[O-])c2)c2c1COc1ccccc1-2. The molecule has 132 valence electrons. The third kappa shape index (κ3) is 2.71. The molecule has 1 aliphatic heterocycles. The fourth-order valence-corrected chi connectivity index (χ4v) is 3.11. The molecule has 0 aliphatic carbocycles. The van der Waals surface area contributed by atoms with Crippen LogP contribution in [0.15, 0.2) is 48.5 Å². The molecule has 0 spiro atoms. The highest BCUT2D eigenvalue weighted by Gasteiger charge is 2.29. The Morgan fingerprint density at radius 3 is 2.89 bits per heavy atom. The number of Topliss-reactive ketones (excluding diaryl/α,β-unsaturated/α-hetero) is 1. The van der Waals surface area contributed by atoms with E-state index in [1.807, 2.05) is 24.3 Å². The summed E-state index contributed by atoms with van der Waals surface area (Å²) in [7, 11) is 0. The van der Waals surface area contributed by atoms with Crippen LogP contribution in [0.5, 0.6) is 5.75 Å². The van der Waals surface area contributed by atoms with Gasteiger partial charge in [-0.3, -0.25) is 14.9 Å². The van der Waals surface area contributed by atoms with Crippen LogP contribution in [0.4, 0.5) is 5.69 Å². The van der Waals surface area contributed by atoms with Crippen LogP contribution in [0.25, 0.3) is 16.9 Å². The normalized spacial score (nSPS) is 11.7. The Bertz CT molecular complexity index is 1130. The minimum atomic E-state index is -0.488. The highest BCUT2D eigenvalue weighted by atomic mass is 16.6. The number of hydrogen-bond donors (Lipinski definition) is 0. The van der Waals surface area contributed by atoms with Crippen molar-refractivity contribution in [2.45, 2.75) is 13.0 Å². The van der Waals surface area contributed by atoms with Gasteiger partial charge in [0.25, 0.3) is 5.69 Å². The van der Waals surface area contributed by atoms with Gasteiger partial charge in [0.1, 0.15) is 24.5 Å². The Morgan fingerprint density at radius 1 is 1.30 bits per heavy atom. The van der Waals surface area contributed by atoms with Crippen molar-refractivity contribution in [2.75, 3.05) is 0 Å². The summed E-state index contributed by atoms with van der Waals surface area (Å²) < 4.78 is 7.24.